The highest BCUT2D eigenvalue weighted by Crippen LogP contribution is 2.32. The SMILES string of the molecule is OC(CCCN1CCC(N2CCc3ccccc32)CC1)c1ccc(F)cc1. The van der Waals surface area contributed by atoms with Gasteiger partial charge in [0, 0.05) is 31.4 Å². The van der Waals surface area contributed by atoms with E-state index in [1.165, 1.54) is 42.6 Å². The Morgan fingerprint density at radius 3 is 2.52 bits per heavy atom. The second-order valence-corrected chi connectivity index (χ2v) is 7.85. The fraction of sp³-hybridized carbons (Fsp3) is 0.478. The topological polar surface area (TPSA) is 26.7 Å². The zero-order chi connectivity index (χ0) is 18.6. The molecule has 1 unspecified atom stereocenters. The molecule has 144 valence electrons. The molecule has 4 heteroatoms. The van der Waals surface area contributed by atoms with E-state index in [1.807, 2.05) is 0 Å². The van der Waals surface area contributed by atoms with Gasteiger partial charge in [-0.2, -0.15) is 0 Å². The molecule has 2 heterocycles. The number of hydrogen-bond donors (Lipinski definition) is 1. The Balaban J connectivity index is 1.21. The number of para-hydroxylation sites is 1. The quantitative estimate of drug-likeness (QED) is 0.829. The summed E-state index contributed by atoms with van der Waals surface area (Å²) in [5.41, 5.74) is 3.75. The third-order valence-electron chi connectivity index (χ3n) is 6.13. The lowest BCUT2D eigenvalue weighted by molar-refractivity contribution is 0.148. The van der Waals surface area contributed by atoms with Crippen LogP contribution in [0.4, 0.5) is 10.1 Å². The number of aliphatic hydroxyl groups excluding tert-OH is 1. The molecule has 0 saturated carbocycles. The minimum atomic E-state index is -0.496. The molecule has 0 spiro atoms. The molecule has 2 aromatic rings. The van der Waals surface area contributed by atoms with Gasteiger partial charge >= 0.3 is 0 Å². The van der Waals surface area contributed by atoms with E-state index in [-0.39, 0.29) is 5.82 Å². The first kappa shape index (κ1) is 18.5. The van der Waals surface area contributed by atoms with E-state index in [0.29, 0.717) is 6.04 Å². The first-order chi connectivity index (χ1) is 13.2. The Morgan fingerprint density at radius 1 is 1.00 bits per heavy atom. The van der Waals surface area contributed by atoms with Gasteiger partial charge in [-0.1, -0.05) is 30.3 Å². The van der Waals surface area contributed by atoms with Crippen molar-refractivity contribution in [2.24, 2.45) is 0 Å². The van der Waals surface area contributed by atoms with Crippen LogP contribution in [-0.4, -0.2) is 42.2 Å². The van der Waals surface area contributed by atoms with Crippen LogP contribution in [0, 0.1) is 5.82 Å². The number of rotatable bonds is 6. The number of halogens is 1. The molecule has 4 rings (SSSR count). The molecule has 27 heavy (non-hydrogen) atoms. The Labute approximate surface area is 161 Å². The first-order valence-electron chi connectivity index (χ1n) is 10.2. The van der Waals surface area contributed by atoms with Crippen LogP contribution < -0.4 is 4.90 Å². The molecule has 0 amide bonds. The Kier molecular flexibility index (Phi) is 5.74. The third-order valence-corrected chi connectivity index (χ3v) is 6.13. The van der Waals surface area contributed by atoms with Crippen molar-refractivity contribution in [1.29, 1.82) is 0 Å². The number of nitrogens with zero attached hydrogens (tertiary/aromatic N) is 2. The van der Waals surface area contributed by atoms with E-state index in [4.69, 9.17) is 0 Å². The summed E-state index contributed by atoms with van der Waals surface area (Å²) in [5.74, 6) is -0.255. The first-order valence-corrected chi connectivity index (χ1v) is 10.2. The average molecular weight is 368 g/mol. The summed E-state index contributed by atoms with van der Waals surface area (Å²) in [5, 5.41) is 10.3. The molecular weight excluding hydrogens is 339 g/mol. The van der Waals surface area contributed by atoms with Crippen molar-refractivity contribution in [3.63, 3.8) is 0 Å². The van der Waals surface area contributed by atoms with Crippen molar-refractivity contribution < 1.29 is 9.50 Å². The van der Waals surface area contributed by atoms with Gasteiger partial charge in [0.2, 0.25) is 0 Å². The second-order valence-electron chi connectivity index (χ2n) is 7.85. The lowest BCUT2D eigenvalue weighted by Gasteiger charge is -2.38. The van der Waals surface area contributed by atoms with E-state index < -0.39 is 6.10 Å². The highest BCUT2D eigenvalue weighted by molar-refractivity contribution is 5.58. The van der Waals surface area contributed by atoms with Gasteiger partial charge in [-0.05, 0) is 68.0 Å². The van der Waals surface area contributed by atoms with E-state index in [1.54, 1.807) is 12.1 Å². The van der Waals surface area contributed by atoms with Crippen LogP contribution in [0.2, 0.25) is 0 Å². The number of likely N-dealkylation sites (tertiary alicyclic amines) is 1. The molecule has 1 saturated heterocycles. The van der Waals surface area contributed by atoms with E-state index in [0.717, 1.165) is 44.6 Å². The van der Waals surface area contributed by atoms with Gasteiger partial charge in [-0.3, -0.25) is 0 Å². The smallest absolute Gasteiger partial charge is 0.123 e. The molecular formula is C23H29FN2O. The van der Waals surface area contributed by atoms with Crippen LogP contribution in [0.5, 0.6) is 0 Å². The lowest BCUT2D eigenvalue weighted by Crippen LogP contribution is -2.44. The summed E-state index contributed by atoms with van der Waals surface area (Å²) in [6.45, 7) is 4.46. The standard InChI is InChI=1S/C23H29FN2O/c24-20-9-7-19(8-10-20)23(27)6-3-14-25-15-12-21(13-16-25)26-17-11-18-4-1-2-5-22(18)26/h1-2,4-5,7-10,21,23,27H,3,6,11-17H2. The Morgan fingerprint density at radius 2 is 1.74 bits per heavy atom. The van der Waals surface area contributed by atoms with Gasteiger partial charge in [-0.25, -0.2) is 4.39 Å². The van der Waals surface area contributed by atoms with Gasteiger partial charge in [0.25, 0.3) is 0 Å². The number of fused-ring (bicyclic) bond motifs is 1. The number of aliphatic hydroxyl groups is 1. The minimum Gasteiger partial charge on any atom is -0.388 e. The van der Waals surface area contributed by atoms with Crippen molar-refractivity contribution in [2.45, 2.75) is 44.2 Å². The summed E-state index contributed by atoms with van der Waals surface area (Å²) in [4.78, 5) is 5.14. The maximum Gasteiger partial charge on any atom is 0.123 e. The van der Waals surface area contributed by atoms with Gasteiger partial charge in [0.1, 0.15) is 5.82 Å². The predicted octanol–water partition coefficient (Wildman–Crippen LogP) is 4.17. The molecule has 0 aromatic heterocycles. The normalized spacial score (nSPS) is 19.3. The molecule has 2 aromatic carbocycles. The van der Waals surface area contributed by atoms with Crippen molar-refractivity contribution in [3.05, 3.63) is 65.5 Å². The maximum absolute atomic E-state index is 13.0. The number of piperidine rings is 1. The van der Waals surface area contributed by atoms with Crippen molar-refractivity contribution >= 4 is 5.69 Å². The van der Waals surface area contributed by atoms with Gasteiger partial charge in [0.15, 0.2) is 0 Å². The highest BCUT2D eigenvalue weighted by atomic mass is 19.1. The largest absolute Gasteiger partial charge is 0.388 e. The average Bonchev–Trinajstić information content (AvgIpc) is 3.13. The van der Waals surface area contributed by atoms with Crippen molar-refractivity contribution in [2.75, 3.05) is 31.1 Å². The molecule has 0 bridgehead atoms. The fourth-order valence-electron chi connectivity index (χ4n) is 4.56. The van der Waals surface area contributed by atoms with Crippen molar-refractivity contribution in [3.8, 4) is 0 Å². The Bertz CT molecular complexity index is 740. The maximum atomic E-state index is 13.0. The lowest BCUT2D eigenvalue weighted by atomic mass is 10.0. The summed E-state index contributed by atoms with van der Waals surface area (Å²) < 4.78 is 13.0. The zero-order valence-electron chi connectivity index (χ0n) is 15.9. The fourth-order valence-corrected chi connectivity index (χ4v) is 4.56. The summed E-state index contributed by atoms with van der Waals surface area (Å²) in [6, 6.07) is 15.7. The molecule has 2 aliphatic rings. The van der Waals surface area contributed by atoms with Crippen molar-refractivity contribution in [1.82, 2.24) is 4.90 Å². The molecule has 0 radical (unpaired) electrons. The molecule has 2 aliphatic heterocycles. The van der Waals surface area contributed by atoms with Gasteiger partial charge in [-0.15, -0.1) is 0 Å². The number of hydrogen-bond acceptors (Lipinski definition) is 3. The van der Waals surface area contributed by atoms with Gasteiger partial charge in [0.05, 0.1) is 6.10 Å². The van der Waals surface area contributed by atoms with Crippen LogP contribution >= 0.6 is 0 Å². The molecule has 1 fully saturated rings. The third kappa shape index (κ3) is 4.33. The van der Waals surface area contributed by atoms with Gasteiger partial charge < -0.3 is 14.9 Å². The highest BCUT2D eigenvalue weighted by Gasteiger charge is 2.28. The monoisotopic (exact) mass is 368 g/mol. The second kappa shape index (κ2) is 8.41. The van der Waals surface area contributed by atoms with E-state index in [2.05, 4.69) is 34.1 Å². The van der Waals surface area contributed by atoms with Crippen LogP contribution in [0.3, 0.4) is 0 Å². The zero-order valence-corrected chi connectivity index (χ0v) is 15.9. The molecule has 1 N–H and O–H groups in total. The van der Waals surface area contributed by atoms with E-state index in [9.17, 15) is 9.50 Å². The Hall–Kier alpha value is -1.91. The summed E-state index contributed by atoms with van der Waals surface area (Å²) in [7, 11) is 0. The van der Waals surface area contributed by atoms with Crippen LogP contribution in [0.1, 0.15) is 42.9 Å². The van der Waals surface area contributed by atoms with Crippen LogP contribution in [0.25, 0.3) is 0 Å². The predicted molar refractivity (Wildman–Crippen MR) is 108 cm³/mol. The summed E-state index contributed by atoms with van der Waals surface area (Å²) in [6.07, 6.45) is 4.81. The minimum absolute atomic E-state index is 0.255. The molecule has 3 nitrogen and oxygen atoms in total. The number of anilines is 1. The van der Waals surface area contributed by atoms with Crippen LogP contribution in [-0.2, 0) is 6.42 Å². The van der Waals surface area contributed by atoms with Crippen LogP contribution in [0.15, 0.2) is 48.5 Å². The van der Waals surface area contributed by atoms with E-state index >= 15 is 0 Å². The summed E-state index contributed by atoms with van der Waals surface area (Å²) >= 11 is 0. The molecule has 1 atom stereocenters. The number of benzene rings is 2. The molecule has 0 aliphatic carbocycles.